The number of allylic oxidation sites excluding steroid dienone is 5. The molecule has 31 heavy (non-hydrogen) atoms. The number of thioether (sulfide) groups is 1. The van der Waals surface area contributed by atoms with Gasteiger partial charge in [-0.3, -0.25) is 9.69 Å². The number of anilines is 1. The van der Waals surface area contributed by atoms with Crippen LogP contribution in [0.2, 0.25) is 0 Å². The van der Waals surface area contributed by atoms with Gasteiger partial charge in [0, 0.05) is 36.0 Å². The lowest BCUT2D eigenvalue weighted by Crippen LogP contribution is -2.27. The quantitative estimate of drug-likeness (QED) is 0.415. The van der Waals surface area contributed by atoms with E-state index in [0.717, 1.165) is 11.1 Å². The van der Waals surface area contributed by atoms with E-state index < -0.39 is 0 Å². The fourth-order valence-electron chi connectivity index (χ4n) is 4.29. The SMILES string of the molecule is CCN1C(=O)\C(=C(/C=C/C=C2/N(C)c3ccccc3C2(C)C)c2ccccc2)SC1=S. The smallest absolute Gasteiger partial charge is 0.266 e. The van der Waals surface area contributed by atoms with Crippen LogP contribution in [-0.4, -0.2) is 28.7 Å². The minimum absolute atomic E-state index is 0.0145. The van der Waals surface area contributed by atoms with Crippen LogP contribution in [0.3, 0.4) is 0 Å². The van der Waals surface area contributed by atoms with Crippen LogP contribution in [0, 0.1) is 0 Å². The molecule has 158 valence electrons. The van der Waals surface area contributed by atoms with Gasteiger partial charge >= 0.3 is 0 Å². The minimum Gasteiger partial charge on any atom is -0.347 e. The molecule has 5 heteroatoms. The first-order chi connectivity index (χ1) is 14.9. The van der Waals surface area contributed by atoms with E-state index in [2.05, 4.69) is 62.2 Å². The van der Waals surface area contributed by atoms with E-state index in [9.17, 15) is 4.79 Å². The minimum atomic E-state index is -0.0890. The zero-order chi connectivity index (χ0) is 22.2. The average molecular weight is 447 g/mol. The van der Waals surface area contributed by atoms with Gasteiger partial charge in [-0.15, -0.1) is 0 Å². The number of likely N-dealkylation sites (N-methyl/N-ethyl adjacent to an activating group) is 2. The normalized spacial score (nSPS) is 20.8. The fourth-order valence-corrected chi connectivity index (χ4v) is 5.74. The molecule has 0 aliphatic carbocycles. The van der Waals surface area contributed by atoms with Crippen LogP contribution >= 0.6 is 24.0 Å². The Morgan fingerprint density at radius 3 is 2.42 bits per heavy atom. The average Bonchev–Trinajstić information content (AvgIpc) is 3.16. The van der Waals surface area contributed by atoms with Crippen LogP contribution in [0.5, 0.6) is 0 Å². The highest BCUT2D eigenvalue weighted by Gasteiger charge is 2.37. The van der Waals surface area contributed by atoms with Crippen molar-refractivity contribution < 1.29 is 4.79 Å². The van der Waals surface area contributed by atoms with Crippen LogP contribution in [0.25, 0.3) is 5.57 Å². The maximum absolute atomic E-state index is 13.0. The number of amides is 1. The summed E-state index contributed by atoms with van der Waals surface area (Å²) in [6.07, 6.45) is 6.25. The lowest BCUT2D eigenvalue weighted by Gasteiger charge is -2.23. The van der Waals surface area contributed by atoms with Gasteiger partial charge in [-0.05, 0) is 30.2 Å². The molecule has 2 aliphatic rings. The number of nitrogens with zero attached hydrogens (tertiary/aromatic N) is 2. The number of carbonyl (C=O) groups excluding carboxylic acids is 1. The predicted octanol–water partition coefficient (Wildman–Crippen LogP) is 6.15. The molecule has 0 spiro atoms. The Bertz CT molecular complexity index is 1130. The summed E-state index contributed by atoms with van der Waals surface area (Å²) < 4.78 is 0.620. The third-order valence-corrected chi connectivity index (χ3v) is 7.42. The van der Waals surface area contributed by atoms with Crippen molar-refractivity contribution in [1.29, 1.82) is 0 Å². The second-order valence-corrected chi connectivity index (χ2v) is 9.78. The third-order valence-electron chi connectivity index (χ3n) is 5.95. The molecule has 0 radical (unpaired) electrons. The molecular weight excluding hydrogens is 420 g/mol. The molecular formula is C26H26N2OS2. The predicted molar refractivity (Wildman–Crippen MR) is 136 cm³/mol. The Morgan fingerprint density at radius 1 is 1.10 bits per heavy atom. The Kier molecular flexibility index (Phi) is 5.91. The van der Waals surface area contributed by atoms with Gasteiger partial charge in [0.1, 0.15) is 4.32 Å². The summed E-state index contributed by atoms with van der Waals surface area (Å²) in [5.41, 5.74) is 5.61. The molecule has 0 saturated carbocycles. The third kappa shape index (κ3) is 3.77. The van der Waals surface area contributed by atoms with Crippen molar-refractivity contribution in [1.82, 2.24) is 4.90 Å². The Morgan fingerprint density at radius 2 is 1.77 bits per heavy atom. The largest absolute Gasteiger partial charge is 0.347 e. The van der Waals surface area contributed by atoms with Crippen molar-refractivity contribution >= 4 is 45.5 Å². The summed E-state index contributed by atoms with van der Waals surface area (Å²) >= 11 is 6.83. The molecule has 2 aliphatic heterocycles. The van der Waals surface area contributed by atoms with Crippen molar-refractivity contribution in [2.24, 2.45) is 0 Å². The number of para-hydroxylation sites is 1. The highest BCUT2D eigenvalue weighted by Crippen LogP contribution is 2.46. The first-order valence-electron chi connectivity index (χ1n) is 10.4. The standard InChI is InChI=1S/C26H26N2OS2/c1-5-28-24(29)23(31-25(28)30)19(18-12-7-6-8-13-18)14-11-17-22-26(2,3)20-15-9-10-16-21(20)27(22)4/h6-17H,5H2,1-4H3/b14-11+,22-17+,23-19-. The second kappa shape index (κ2) is 8.48. The number of hydrogen-bond acceptors (Lipinski definition) is 4. The molecule has 2 heterocycles. The topological polar surface area (TPSA) is 23.6 Å². The van der Waals surface area contributed by atoms with Crippen molar-refractivity contribution in [2.45, 2.75) is 26.2 Å². The van der Waals surface area contributed by atoms with Crippen molar-refractivity contribution in [3.05, 3.63) is 94.6 Å². The zero-order valence-electron chi connectivity index (χ0n) is 18.3. The van der Waals surface area contributed by atoms with Crippen molar-refractivity contribution in [3.8, 4) is 0 Å². The summed E-state index contributed by atoms with van der Waals surface area (Å²) in [4.78, 5) is 17.6. The van der Waals surface area contributed by atoms with E-state index >= 15 is 0 Å². The van der Waals surface area contributed by atoms with E-state index in [1.165, 1.54) is 28.7 Å². The Balaban J connectivity index is 1.75. The summed E-state index contributed by atoms with van der Waals surface area (Å²) in [5, 5.41) is 0. The second-order valence-electron chi connectivity index (χ2n) is 8.14. The number of benzene rings is 2. The number of rotatable bonds is 4. The van der Waals surface area contributed by atoms with Gasteiger partial charge in [0.05, 0.1) is 4.91 Å². The molecule has 0 bridgehead atoms. The van der Waals surface area contributed by atoms with Gasteiger partial charge in [-0.25, -0.2) is 0 Å². The summed E-state index contributed by atoms with van der Waals surface area (Å²) in [6.45, 7) is 7.03. The first kappa shape index (κ1) is 21.6. The molecule has 2 aromatic rings. The molecule has 1 fully saturated rings. The fraction of sp³-hybridized carbons (Fsp3) is 0.231. The number of hydrogen-bond donors (Lipinski definition) is 0. The molecule has 0 aromatic heterocycles. The first-order valence-corrected chi connectivity index (χ1v) is 11.6. The van der Waals surface area contributed by atoms with Crippen LogP contribution in [-0.2, 0) is 10.2 Å². The van der Waals surface area contributed by atoms with E-state index in [-0.39, 0.29) is 11.3 Å². The van der Waals surface area contributed by atoms with Crippen molar-refractivity contribution in [3.63, 3.8) is 0 Å². The molecule has 4 rings (SSSR count). The van der Waals surface area contributed by atoms with Gasteiger partial charge in [-0.2, -0.15) is 0 Å². The Labute approximate surface area is 194 Å². The van der Waals surface area contributed by atoms with Gasteiger partial charge in [-0.1, -0.05) is 98.5 Å². The van der Waals surface area contributed by atoms with E-state index in [1.54, 1.807) is 4.90 Å². The molecule has 1 amide bonds. The van der Waals surface area contributed by atoms with Gasteiger partial charge in [0.2, 0.25) is 0 Å². The molecule has 2 aromatic carbocycles. The van der Waals surface area contributed by atoms with Gasteiger partial charge < -0.3 is 4.90 Å². The van der Waals surface area contributed by atoms with Gasteiger partial charge in [0.15, 0.2) is 0 Å². The highest BCUT2D eigenvalue weighted by atomic mass is 32.2. The lowest BCUT2D eigenvalue weighted by molar-refractivity contribution is -0.122. The zero-order valence-corrected chi connectivity index (χ0v) is 19.9. The van der Waals surface area contributed by atoms with Crippen LogP contribution in [0.15, 0.2) is 83.4 Å². The van der Waals surface area contributed by atoms with Crippen LogP contribution < -0.4 is 4.90 Å². The maximum atomic E-state index is 13.0. The molecule has 1 saturated heterocycles. The number of carbonyl (C=O) groups is 1. The molecule has 0 N–H and O–H groups in total. The lowest BCUT2D eigenvalue weighted by atomic mass is 9.84. The summed E-state index contributed by atoms with van der Waals surface area (Å²) in [5.74, 6) is -0.0145. The summed E-state index contributed by atoms with van der Waals surface area (Å²) in [6, 6.07) is 18.6. The van der Waals surface area contributed by atoms with Crippen LogP contribution in [0.4, 0.5) is 5.69 Å². The van der Waals surface area contributed by atoms with Crippen LogP contribution in [0.1, 0.15) is 31.9 Å². The van der Waals surface area contributed by atoms with E-state index in [1.807, 2.05) is 43.3 Å². The molecule has 0 atom stereocenters. The molecule has 3 nitrogen and oxygen atoms in total. The van der Waals surface area contributed by atoms with E-state index in [4.69, 9.17) is 12.2 Å². The van der Waals surface area contributed by atoms with E-state index in [0.29, 0.717) is 15.8 Å². The highest BCUT2D eigenvalue weighted by molar-refractivity contribution is 8.26. The Hall–Kier alpha value is -2.63. The molecule has 0 unspecified atom stereocenters. The number of fused-ring (bicyclic) bond motifs is 1. The maximum Gasteiger partial charge on any atom is 0.266 e. The summed E-state index contributed by atoms with van der Waals surface area (Å²) in [7, 11) is 2.11. The van der Waals surface area contributed by atoms with Crippen molar-refractivity contribution in [2.75, 3.05) is 18.5 Å². The van der Waals surface area contributed by atoms with Gasteiger partial charge in [0.25, 0.3) is 5.91 Å². The monoisotopic (exact) mass is 446 g/mol. The number of thiocarbonyl (C=S) groups is 1.